The first-order chi connectivity index (χ1) is 12.6. The first-order valence-electron chi connectivity index (χ1n) is 8.26. The van der Waals surface area contributed by atoms with Gasteiger partial charge in [0.15, 0.2) is 0 Å². The van der Waals surface area contributed by atoms with E-state index in [9.17, 15) is 9.59 Å². The summed E-state index contributed by atoms with van der Waals surface area (Å²) < 4.78 is 17.9. The molecule has 0 aliphatic carbocycles. The fourth-order valence-electron chi connectivity index (χ4n) is 2.85. The zero-order chi connectivity index (χ0) is 18.0. The molecule has 0 saturated carbocycles. The molecule has 0 bridgehead atoms. The highest BCUT2D eigenvalue weighted by atomic mass is 28.5. The third-order valence-electron chi connectivity index (χ3n) is 4.16. The van der Waals surface area contributed by atoms with Gasteiger partial charge < -0.3 is 21.9 Å². The highest BCUT2D eigenvalue weighted by Crippen LogP contribution is 2.22. The average Bonchev–Trinajstić information content (AvgIpc) is 2.69. The Kier molecular flexibility index (Phi) is 4.73. The molecule has 26 heavy (non-hydrogen) atoms. The minimum absolute atomic E-state index is 0.554. The van der Waals surface area contributed by atoms with E-state index in [-0.39, 0.29) is 0 Å². The van der Waals surface area contributed by atoms with Crippen LogP contribution in [-0.4, -0.2) is 36.5 Å². The average molecular weight is 399 g/mol. The van der Waals surface area contributed by atoms with E-state index in [0.29, 0.717) is 10.4 Å². The van der Waals surface area contributed by atoms with Gasteiger partial charge in [-0.2, -0.15) is 0 Å². The summed E-state index contributed by atoms with van der Waals surface area (Å²) in [5, 5.41) is 1.96. The van der Waals surface area contributed by atoms with Gasteiger partial charge in [-0.1, -0.05) is 91.0 Å². The molecule has 2 N–H and O–H groups in total. The van der Waals surface area contributed by atoms with Gasteiger partial charge >= 0.3 is 26.9 Å². The van der Waals surface area contributed by atoms with Crippen LogP contribution in [0.3, 0.4) is 0 Å². The van der Waals surface area contributed by atoms with Crippen LogP contribution in [-0.2, 0) is 12.3 Å². The number of benzene rings is 3. The lowest BCUT2D eigenvalue weighted by molar-refractivity contribution is 0.142. The SMILES string of the molecule is O[Si]1(c2ccccc2)O[SiH](c2ccccc2)O[Si](O)(c2ccccc2)O1. The highest BCUT2D eigenvalue weighted by molar-refractivity contribution is 6.96. The van der Waals surface area contributed by atoms with E-state index >= 15 is 0 Å². The van der Waals surface area contributed by atoms with Crippen molar-refractivity contribution in [2.45, 2.75) is 0 Å². The molecule has 1 heterocycles. The maximum absolute atomic E-state index is 11.3. The van der Waals surface area contributed by atoms with Crippen molar-refractivity contribution < 1.29 is 21.9 Å². The molecule has 1 aliphatic heterocycles. The summed E-state index contributed by atoms with van der Waals surface area (Å²) in [7, 11) is -10.2. The molecule has 2 unspecified atom stereocenters. The van der Waals surface area contributed by atoms with E-state index in [2.05, 4.69) is 0 Å². The van der Waals surface area contributed by atoms with E-state index in [0.717, 1.165) is 5.19 Å². The van der Waals surface area contributed by atoms with Gasteiger partial charge in [0, 0.05) is 10.4 Å². The van der Waals surface area contributed by atoms with Crippen LogP contribution >= 0.6 is 0 Å². The molecule has 0 aromatic heterocycles. The van der Waals surface area contributed by atoms with Crippen LogP contribution in [0, 0.1) is 0 Å². The summed E-state index contributed by atoms with van der Waals surface area (Å²) >= 11 is 0. The fourth-order valence-corrected chi connectivity index (χ4v) is 13.4. The van der Waals surface area contributed by atoms with Gasteiger partial charge in [-0.15, -0.1) is 0 Å². The molecule has 2 atom stereocenters. The van der Waals surface area contributed by atoms with Crippen molar-refractivity contribution in [3.63, 3.8) is 0 Å². The van der Waals surface area contributed by atoms with Crippen molar-refractivity contribution >= 4 is 42.5 Å². The number of hydrogen-bond acceptors (Lipinski definition) is 5. The van der Waals surface area contributed by atoms with Crippen LogP contribution < -0.4 is 15.6 Å². The minimum Gasteiger partial charge on any atom is -0.389 e. The molecular formula is C18H18O5Si3. The standard InChI is InChI=1S/C18H18O5Si3/c19-25(17-12-6-2-7-13-17)21-24(16-10-4-1-5-11-16)22-26(20,23-25)18-14-8-3-9-15-18/h1-15,19-20,24H. The van der Waals surface area contributed by atoms with Crippen molar-refractivity contribution in [3.05, 3.63) is 91.0 Å². The zero-order valence-electron chi connectivity index (χ0n) is 13.9. The van der Waals surface area contributed by atoms with Gasteiger partial charge in [-0.05, 0) is 5.19 Å². The van der Waals surface area contributed by atoms with Gasteiger partial charge in [0.1, 0.15) is 0 Å². The third-order valence-corrected chi connectivity index (χ3v) is 13.7. The molecular weight excluding hydrogens is 380 g/mol. The fraction of sp³-hybridized carbons (Fsp3) is 0. The molecule has 1 saturated heterocycles. The lowest BCUT2D eigenvalue weighted by Gasteiger charge is -2.41. The maximum atomic E-state index is 11.3. The Balaban J connectivity index is 1.79. The van der Waals surface area contributed by atoms with Crippen molar-refractivity contribution in [1.29, 1.82) is 0 Å². The van der Waals surface area contributed by atoms with Crippen LogP contribution in [0.25, 0.3) is 0 Å². The molecule has 132 valence electrons. The summed E-state index contributed by atoms with van der Waals surface area (Å²) in [6.07, 6.45) is 0. The Morgan fingerprint density at radius 3 is 1.38 bits per heavy atom. The molecule has 1 fully saturated rings. The second-order valence-corrected chi connectivity index (χ2v) is 13.5. The molecule has 8 heteroatoms. The first kappa shape index (κ1) is 17.5. The Labute approximate surface area is 155 Å². The van der Waals surface area contributed by atoms with Crippen molar-refractivity contribution in [2.75, 3.05) is 0 Å². The zero-order valence-corrected chi connectivity index (χ0v) is 17.0. The summed E-state index contributed by atoms with van der Waals surface area (Å²) in [5.41, 5.74) is 0. The Morgan fingerprint density at radius 2 is 0.962 bits per heavy atom. The van der Waals surface area contributed by atoms with E-state index in [1.165, 1.54) is 0 Å². The summed E-state index contributed by atoms with van der Waals surface area (Å²) in [5.74, 6) is 0. The van der Waals surface area contributed by atoms with Gasteiger partial charge in [0.05, 0.1) is 0 Å². The van der Waals surface area contributed by atoms with Crippen LogP contribution in [0.5, 0.6) is 0 Å². The quantitative estimate of drug-likeness (QED) is 0.601. The molecule has 3 aromatic rings. The van der Waals surface area contributed by atoms with Crippen molar-refractivity contribution in [2.24, 2.45) is 0 Å². The summed E-state index contributed by atoms with van der Waals surface area (Å²) in [4.78, 5) is 22.6. The largest absolute Gasteiger partial charge is 0.518 e. The monoisotopic (exact) mass is 398 g/mol. The molecule has 0 radical (unpaired) electrons. The Morgan fingerprint density at radius 1 is 0.577 bits per heavy atom. The molecule has 1 aliphatic rings. The molecule has 4 rings (SSSR count). The van der Waals surface area contributed by atoms with Crippen LogP contribution in [0.2, 0.25) is 0 Å². The van der Waals surface area contributed by atoms with Gasteiger partial charge in [0.2, 0.25) is 0 Å². The van der Waals surface area contributed by atoms with E-state index in [1.54, 1.807) is 24.3 Å². The van der Waals surface area contributed by atoms with Gasteiger partial charge in [-0.3, -0.25) is 0 Å². The molecule has 5 nitrogen and oxygen atoms in total. The smallest absolute Gasteiger partial charge is 0.389 e. The molecule has 0 amide bonds. The Hall–Kier alpha value is -1.89. The molecule has 3 aromatic carbocycles. The van der Waals surface area contributed by atoms with Crippen LogP contribution in [0.4, 0.5) is 0 Å². The van der Waals surface area contributed by atoms with Crippen LogP contribution in [0.1, 0.15) is 0 Å². The van der Waals surface area contributed by atoms with Crippen molar-refractivity contribution in [1.82, 2.24) is 0 Å². The highest BCUT2D eigenvalue weighted by Gasteiger charge is 2.59. The van der Waals surface area contributed by atoms with E-state index in [1.807, 2.05) is 66.7 Å². The normalized spacial score (nSPS) is 28.6. The maximum Gasteiger partial charge on any atom is 0.518 e. The van der Waals surface area contributed by atoms with Gasteiger partial charge in [0.25, 0.3) is 0 Å². The number of rotatable bonds is 3. The minimum atomic E-state index is -3.83. The summed E-state index contributed by atoms with van der Waals surface area (Å²) in [6, 6.07) is 27.4. The predicted octanol–water partition coefficient (Wildman–Crippen LogP) is -0.146. The second kappa shape index (κ2) is 7.02. The van der Waals surface area contributed by atoms with Gasteiger partial charge in [-0.25, -0.2) is 0 Å². The van der Waals surface area contributed by atoms with Crippen LogP contribution in [0.15, 0.2) is 91.0 Å². The predicted molar refractivity (Wildman–Crippen MR) is 105 cm³/mol. The lowest BCUT2D eigenvalue weighted by atomic mass is 10.4. The topological polar surface area (TPSA) is 68.2 Å². The van der Waals surface area contributed by atoms with E-state index in [4.69, 9.17) is 12.3 Å². The number of hydrogen-bond donors (Lipinski definition) is 2. The Bertz CT molecular complexity index is 814. The first-order valence-corrected chi connectivity index (χ1v) is 13.3. The van der Waals surface area contributed by atoms with E-state index < -0.39 is 26.9 Å². The molecule has 0 spiro atoms. The second-order valence-electron chi connectivity index (χ2n) is 5.98. The van der Waals surface area contributed by atoms with Crippen molar-refractivity contribution in [3.8, 4) is 0 Å². The third kappa shape index (κ3) is 3.37. The summed E-state index contributed by atoms with van der Waals surface area (Å²) in [6.45, 7) is 0. The lowest BCUT2D eigenvalue weighted by Crippen LogP contribution is -2.75.